The summed E-state index contributed by atoms with van der Waals surface area (Å²) in [7, 11) is 0. The molecule has 0 saturated heterocycles. The van der Waals surface area contributed by atoms with Crippen LogP contribution in [-0.4, -0.2) is 39.6 Å². The SMILES string of the molecule is CCOC(=O)c1sc2ncn(CC3=NC(=O)C4C=CC=CC4=N3)c(=O)c2c1C. The smallest absolute Gasteiger partial charge is 0.348 e. The second-order valence-electron chi connectivity index (χ2n) is 6.26. The zero-order chi connectivity index (χ0) is 19.8. The number of aliphatic imine (C=N–C) groups is 2. The largest absolute Gasteiger partial charge is 0.462 e. The van der Waals surface area contributed by atoms with Crippen molar-refractivity contribution in [3.05, 3.63) is 51.4 Å². The lowest BCUT2D eigenvalue weighted by atomic mass is 9.96. The molecule has 0 N–H and O–H groups in total. The summed E-state index contributed by atoms with van der Waals surface area (Å²) < 4.78 is 6.38. The van der Waals surface area contributed by atoms with E-state index in [1.807, 2.05) is 0 Å². The number of allylic oxidation sites excluding steroid dienone is 3. The molecule has 8 nitrogen and oxygen atoms in total. The molecule has 2 aromatic rings. The molecule has 2 aromatic heterocycles. The van der Waals surface area contributed by atoms with Crippen LogP contribution in [-0.2, 0) is 16.1 Å². The highest BCUT2D eigenvalue weighted by molar-refractivity contribution is 7.20. The van der Waals surface area contributed by atoms with Crippen molar-refractivity contribution in [3.63, 3.8) is 0 Å². The monoisotopic (exact) mass is 396 g/mol. The Morgan fingerprint density at radius 2 is 2.11 bits per heavy atom. The molecule has 0 aromatic carbocycles. The van der Waals surface area contributed by atoms with Gasteiger partial charge in [-0.15, -0.1) is 11.3 Å². The minimum absolute atomic E-state index is 0.0192. The minimum atomic E-state index is -0.467. The average molecular weight is 396 g/mol. The zero-order valence-electron chi connectivity index (χ0n) is 15.2. The Hall–Kier alpha value is -3.20. The Morgan fingerprint density at radius 3 is 2.89 bits per heavy atom. The van der Waals surface area contributed by atoms with Gasteiger partial charge in [0.1, 0.15) is 15.6 Å². The summed E-state index contributed by atoms with van der Waals surface area (Å²) in [6, 6.07) is 0. The van der Waals surface area contributed by atoms with E-state index in [0.717, 1.165) is 11.3 Å². The quantitative estimate of drug-likeness (QED) is 0.736. The lowest BCUT2D eigenvalue weighted by Gasteiger charge is -2.17. The van der Waals surface area contributed by atoms with E-state index in [1.165, 1.54) is 10.9 Å². The van der Waals surface area contributed by atoms with E-state index in [-0.39, 0.29) is 30.5 Å². The van der Waals surface area contributed by atoms with E-state index in [0.29, 0.717) is 26.4 Å². The van der Waals surface area contributed by atoms with Crippen molar-refractivity contribution >= 4 is 45.0 Å². The number of hydrogen-bond donors (Lipinski definition) is 0. The molecule has 1 aliphatic carbocycles. The summed E-state index contributed by atoms with van der Waals surface area (Å²) in [5.41, 5.74) is 0.834. The van der Waals surface area contributed by atoms with E-state index in [9.17, 15) is 14.4 Å². The van der Waals surface area contributed by atoms with Crippen molar-refractivity contribution in [2.75, 3.05) is 6.61 Å². The molecule has 0 radical (unpaired) electrons. The lowest BCUT2D eigenvalue weighted by Crippen LogP contribution is -2.31. The highest BCUT2D eigenvalue weighted by atomic mass is 32.1. The molecule has 0 fully saturated rings. The Kier molecular flexibility index (Phi) is 4.60. The van der Waals surface area contributed by atoms with E-state index in [2.05, 4.69) is 15.0 Å². The van der Waals surface area contributed by atoms with Gasteiger partial charge in [-0.2, -0.15) is 4.99 Å². The van der Waals surface area contributed by atoms with E-state index < -0.39 is 11.9 Å². The summed E-state index contributed by atoms with van der Waals surface area (Å²) in [5.74, 6) is -0.986. The van der Waals surface area contributed by atoms with Crippen molar-refractivity contribution in [2.24, 2.45) is 15.9 Å². The van der Waals surface area contributed by atoms with Crippen LogP contribution in [0.2, 0.25) is 0 Å². The second kappa shape index (κ2) is 7.08. The molecule has 142 valence electrons. The third-order valence-electron chi connectivity index (χ3n) is 4.45. The van der Waals surface area contributed by atoms with Gasteiger partial charge in [0.25, 0.3) is 11.5 Å². The molecular formula is C19H16N4O4S. The summed E-state index contributed by atoms with van der Waals surface area (Å²) in [5, 5.41) is 0.365. The third kappa shape index (κ3) is 3.03. The number of amidine groups is 1. The average Bonchev–Trinajstić information content (AvgIpc) is 3.02. The summed E-state index contributed by atoms with van der Waals surface area (Å²) in [4.78, 5) is 50.8. The number of rotatable bonds is 4. The number of thiophene rings is 1. The number of fused-ring (bicyclic) bond motifs is 2. The number of carbonyl (C=O) groups is 2. The molecule has 4 rings (SSSR count). The number of esters is 1. The van der Waals surface area contributed by atoms with Crippen LogP contribution in [0.3, 0.4) is 0 Å². The van der Waals surface area contributed by atoms with Gasteiger partial charge in [-0.3, -0.25) is 14.2 Å². The van der Waals surface area contributed by atoms with Crippen LogP contribution < -0.4 is 5.56 Å². The summed E-state index contributed by atoms with van der Waals surface area (Å²) >= 11 is 1.13. The molecule has 28 heavy (non-hydrogen) atoms. The van der Waals surface area contributed by atoms with Crippen molar-refractivity contribution in [1.82, 2.24) is 9.55 Å². The molecule has 0 spiro atoms. The Balaban J connectivity index is 1.71. The van der Waals surface area contributed by atoms with Gasteiger partial charge in [-0.05, 0) is 25.5 Å². The first-order valence-corrected chi connectivity index (χ1v) is 9.51. The second-order valence-corrected chi connectivity index (χ2v) is 7.26. The summed E-state index contributed by atoms with van der Waals surface area (Å²) in [6.07, 6.45) is 8.47. The van der Waals surface area contributed by atoms with Crippen LogP contribution in [0.1, 0.15) is 22.2 Å². The Bertz CT molecular complexity index is 1180. The van der Waals surface area contributed by atoms with Gasteiger partial charge in [0.15, 0.2) is 5.84 Å². The summed E-state index contributed by atoms with van der Waals surface area (Å²) in [6.45, 7) is 3.69. The first-order valence-electron chi connectivity index (χ1n) is 8.70. The Morgan fingerprint density at radius 1 is 1.29 bits per heavy atom. The first-order chi connectivity index (χ1) is 13.5. The van der Waals surface area contributed by atoms with Crippen LogP contribution in [0.15, 0.2) is 45.4 Å². The number of aromatic nitrogens is 2. The zero-order valence-corrected chi connectivity index (χ0v) is 16.0. The van der Waals surface area contributed by atoms with Crippen LogP contribution >= 0.6 is 11.3 Å². The normalized spacial score (nSPS) is 18.1. The predicted octanol–water partition coefficient (Wildman–Crippen LogP) is 2.07. The van der Waals surface area contributed by atoms with Crippen molar-refractivity contribution < 1.29 is 14.3 Å². The maximum absolute atomic E-state index is 12.9. The van der Waals surface area contributed by atoms with Crippen LogP contribution in [0.4, 0.5) is 0 Å². The van der Waals surface area contributed by atoms with E-state index in [4.69, 9.17) is 4.74 Å². The van der Waals surface area contributed by atoms with Gasteiger partial charge in [-0.1, -0.05) is 18.2 Å². The van der Waals surface area contributed by atoms with Gasteiger partial charge in [0.05, 0.1) is 30.6 Å². The number of nitrogens with zero attached hydrogens (tertiary/aromatic N) is 4. The van der Waals surface area contributed by atoms with Crippen molar-refractivity contribution in [2.45, 2.75) is 20.4 Å². The highest BCUT2D eigenvalue weighted by Crippen LogP contribution is 2.27. The standard InChI is InChI=1S/C19H16N4O4S/c1-3-27-19(26)15-10(2)14-17(28-15)20-9-23(18(14)25)8-13-21-12-7-5-4-6-11(12)16(24)22-13/h4-7,9,11H,3,8H2,1-2H3. The van der Waals surface area contributed by atoms with Gasteiger partial charge in [0, 0.05) is 0 Å². The molecule has 9 heteroatoms. The molecular weight excluding hydrogens is 380 g/mol. The fraction of sp³-hybridized carbons (Fsp3) is 0.263. The predicted molar refractivity (Wildman–Crippen MR) is 106 cm³/mol. The van der Waals surface area contributed by atoms with Gasteiger partial charge in [0.2, 0.25) is 0 Å². The van der Waals surface area contributed by atoms with E-state index in [1.54, 1.807) is 38.2 Å². The van der Waals surface area contributed by atoms with Gasteiger partial charge >= 0.3 is 5.97 Å². The molecule has 1 amide bonds. The molecule has 2 aliphatic rings. The van der Waals surface area contributed by atoms with Crippen LogP contribution in [0.25, 0.3) is 10.2 Å². The molecule has 0 bridgehead atoms. The highest BCUT2D eigenvalue weighted by Gasteiger charge is 2.27. The topological polar surface area (TPSA) is 103 Å². The number of hydrogen-bond acceptors (Lipinski definition) is 7. The number of ether oxygens (including phenoxy) is 1. The fourth-order valence-electron chi connectivity index (χ4n) is 3.10. The number of amides is 1. The molecule has 1 atom stereocenters. The maximum Gasteiger partial charge on any atom is 0.348 e. The van der Waals surface area contributed by atoms with Gasteiger partial charge < -0.3 is 4.74 Å². The first kappa shape index (κ1) is 18.2. The Labute approximate surface area is 163 Å². The minimum Gasteiger partial charge on any atom is -0.462 e. The molecule has 1 unspecified atom stereocenters. The molecule has 1 aliphatic heterocycles. The number of carbonyl (C=O) groups excluding carboxylic acids is 2. The van der Waals surface area contributed by atoms with Crippen LogP contribution in [0, 0.1) is 12.8 Å². The third-order valence-corrected chi connectivity index (χ3v) is 5.63. The fourth-order valence-corrected chi connectivity index (χ4v) is 4.14. The molecule has 3 heterocycles. The number of aryl methyl sites for hydroxylation is 1. The molecule has 0 saturated carbocycles. The maximum atomic E-state index is 12.9. The van der Waals surface area contributed by atoms with Crippen LogP contribution in [0.5, 0.6) is 0 Å². The lowest BCUT2D eigenvalue weighted by molar-refractivity contribution is -0.118. The van der Waals surface area contributed by atoms with E-state index >= 15 is 0 Å². The van der Waals surface area contributed by atoms with Gasteiger partial charge in [-0.25, -0.2) is 14.8 Å². The van der Waals surface area contributed by atoms with Crippen molar-refractivity contribution in [3.8, 4) is 0 Å². The van der Waals surface area contributed by atoms with Crippen molar-refractivity contribution in [1.29, 1.82) is 0 Å².